The molecule has 0 saturated carbocycles. The maximum atomic E-state index is 12.3. The number of hydrogen-bond acceptors (Lipinski definition) is 5. The zero-order valence-electron chi connectivity index (χ0n) is 13.4. The van der Waals surface area contributed by atoms with Crippen LogP contribution in [0.15, 0.2) is 42.1 Å². The molecule has 0 aliphatic heterocycles. The highest BCUT2D eigenvalue weighted by Gasteiger charge is 2.18. The van der Waals surface area contributed by atoms with E-state index in [1.165, 1.54) is 11.1 Å². The summed E-state index contributed by atoms with van der Waals surface area (Å²) in [5.41, 5.74) is 1.07. The largest absolute Gasteiger partial charge is 0.395 e. The molecule has 6 heteroatoms. The number of carbonyl (C=O) groups excluding carboxylic acids is 1. The quantitative estimate of drug-likeness (QED) is 0.518. The van der Waals surface area contributed by atoms with Crippen LogP contribution in [0.25, 0.3) is 0 Å². The Morgan fingerprint density at radius 2 is 1.83 bits per heavy atom. The molecule has 0 aliphatic carbocycles. The Balaban J connectivity index is 2.89. The number of nitriles is 1. The number of aliphatic hydroxyl groups is 2. The Bertz CT molecular complexity index is 546. The lowest BCUT2D eigenvalue weighted by Crippen LogP contribution is -2.37. The van der Waals surface area contributed by atoms with Gasteiger partial charge in [0.15, 0.2) is 0 Å². The lowest BCUT2D eigenvalue weighted by molar-refractivity contribution is -0.127. The Kier molecular flexibility index (Phi) is 8.43. The van der Waals surface area contributed by atoms with E-state index < -0.39 is 5.91 Å². The molecule has 1 rings (SSSR count). The van der Waals surface area contributed by atoms with Crippen LogP contribution in [0.3, 0.4) is 0 Å². The standard InChI is InChI=1S/C17H23N3O3/c1-2-19(13-15-6-4-3-5-7-15)14-16(12-18)17(23)20(8-10-21)9-11-22/h3-7,14,21-22H,2,8-11,13H2,1H3/b16-14-. The number of amides is 1. The molecule has 0 spiro atoms. The second-order valence-electron chi connectivity index (χ2n) is 4.94. The molecular weight excluding hydrogens is 294 g/mol. The van der Waals surface area contributed by atoms with Crippen LogP contribution in [0.2, 0.25) is 0 Å². The second kappa shape index (κ2) is 10.4. The van der Waals surface area contributed by atoms with E-state index >= 15 is 0 Å². The molecule has 6 nitrogen and oxygen atoms in total. The van der Waals surface area contributed by atoms with E-state index in [4.69, 9.17) is 10.2 Å². The normalized spacial score (nSPS) is 11.0. The summed E-state index contributed by atoms with van der Waals surface area (Å²) in [5, 5.41) is 27.3. The fourth-order valence-corrected chi connectivity index (χ4v) is 2.11. The molecule has 0 aliphatic rings. The van der Waals surface area contributed by atoms with E-state index in [2.05, 4.69) is 0 Å². The van der Waals surface area contributed by atoms with Crippen molar-refractivity contribution in [2.75, 3.05) is 32.8 Å². The minimum Gasteiger partial charge on any atom is -0.395 e. The van der Waals surface area contributed by atoms with Gasteiger partial charge in [0.05, 0.1) is 13.2 Å². The van der Waals surface area contributed by atoms with Gasteiger partial charge in [-0.05, 0) is 12.5 Å². The smallest absolute Gasteiger partial charge is 0.266 e. The monoisotopic (exact) mass is 317 g/mol. The molecule has 1 amide bonds. The van der Waals surface area contributed by atoms with Crippen molar-refractivity contribution in [2.45, 2.75) is 13.5 Å². The number of rotatable bonds is 9. The summed E-state index contributed by atoms with van der Waals surface area (Å²) in [5.74, 6) is -0.484. The van der Waals surface area contributed by atoms with E-state index in [1.54, 1.807) is 0 Å². The molecule has 2 N–H and O–H groups in total. The van der Waals surface area contributed by atoms with Crippen LogP contribution >= 0.6 is 0 Å². The molecule has 0 aromatic heterocycles. The maximum Gasteiger partial charge on any atom is 0.266 e. The van der Waals surface area contributed by atoms with Gasteiger partial charge in [-0.25, -0.2) is 0 Å². The van der Waals surface area contributed by atoms with Gasteiger partial charge in [0.2, 0.25) is 0 Å². The van der Waals surface area contributed by atoms with Crippen LogP contribution in [0.5, 0.6) is 0 Å². The maximum absolute atomic E-state index is 12.3. The van der Waals surface area contributed by atoms with Crippen molar-refractivity contribution in [3.8, 4) is 6.07 Å². The zero-order chi connectivity index (χ0) is 17.1. The molecule has 1 aromatic carbocycles. The zero-order valence-corrected chi connectivity index (χ0v) is 13.4. The minimum atomic E-state index is -0.484. The fraction of sp³-hybridized carbons (Fsp3) is 0.412. The van der Waals surface area contributed by atoms with Gasteiger partial charge in [-0.1, -0.05) is 30.3 Å². The molecule has 1 aromatic rings. The number of nitrogens with zero attached hydrogens (tertiary/aromatic N) is 3. The SMILES string of the molecule is CCN(/C=C(/C#N)C(=O)N(CCO)CCO)Cc1ccccc1. The third-order valence-electron chi connectivity index (χ3n) is 3.32. The first kappa shape index (κ1) is 18.7. The highest BCUT2D eigenvalue weighted by molar-refractivity contribution is 5.97. The molecule has 124 valence electrons. The van der Waals surface area contributed by atoms with Crippen LogP contribution in [0, 0.1) is 11.3 Å². The molecule has 23 heavy (non-hydrogen) atoms. The first-order chi connectivity index (χ1) is 11.2. The van der Waals surface area contributed by atoms with Gasteiger partial charge in [-0.3, -0.25) is 4.79 Å². The van der Waals surface area contributed by atoms with Crippen molar-refractivity contribution in [1.82, 2.24) is 9.80 Å². The van der Waals surface area contributed by atoms with Gasteiger partial charge in [0.25, 0.3) is 5.91 Å². The minimum absolute atomic E-state index is 0.00955. The summed E-state index contributed by atoms with van der Waals surface area (Å²) < 4.78 is 0. The molecule has 0 fully saturated rings. The average molecular weight is 317 g/mol. The highest BCUT2D eigenvalue weighted by Crippen LogP contribution is 2.08. The molecule has 0 unspecified atom stereocenters. The number of aliphatic hydroxyl groups excluding tert-OH is 2. The molecule has 0 atom stereocenters. The van der Waals surface area contributed by atoms with Gasteiger partial charge in [0, 0.05) is 32.4 Å². The van der Waals surface area contributed by atoms with Crippen molar-refractivity contribution in [3.63, 3.8) is 0 Å². The Labute approximate surface area is 136 Å². The van der Waals surface area contributed by atoms with Crippen LogP contribution in [-0.4, -0.2) is 58.8 Å². The summed E-state index contributed by atoms with van der Waals surface area (Å²) in [6.07, 6.45) is 1.54. The van der Waals surface area contributed by atoms with E-state index in [9.17, 15) is 10.1 Å². The van der Waals surface area contributed by atoms with E-state index in [0.717, 1.165) is 5.56 Å². The van der Waals surface area contributed by atoms with Crippen LogP contribution in [0.4, 0.5) is 0 Å². The van der Waals surface area contributed by atoms with Crippen molar-refractivity contribution in [2.24, 2.45) is 0 Å². The number of benzene rings is 1. The van der Waals surface area contributed by atoms with Crippen molar-refractivity contribution < 1.29 is 15.0 Å². The van der Waals surface area contributed by atoms with Gasteiger partial charge >= 0.3 is 0 Å². The predicted octanol–water partition coefficient (Wildman–Crippen LogP) is 0.729. The summed E-state index contributed by atoms with van der Waals surface area (Å²) in [6.45, 7) is 2.92. The summed E-state index contributed by atoms with van der Waals surface area (Å²) in [7, 11) is 0. The average Bonchev–Trinajstić information content (AvgIpc) is 2.58. The van der Waals surface area contributed by atoms with Crippen LogP contribution in [-0.2, 0) is 11.3 Å². The van der Waals surface area contributed by atoms with E-state index in [0.29, 0.717) is 13.1 Å². The number of carbonyl (C=O) groups is 1. The molecular formula is C17H23N3O3. The first-order valence-corrected chi connectivity index (χ1v) is 7.57. The molecule has 0 radical (unpaired) electrons. The van der Waals surface area contributed by atoms with Gasteiger partial charge in [-0.2, -0.15) is 5.26 Å². The van der Waals surface area contributed by atoms with Crippen molar-refractivity contribution in [3.05, 3.63) is 47.7 Å². The van der Waals surface area contributed by atoms with Crippen LogP contribution < -0.4 is 0 Å². The van der Waals surface area contributed by atoms with Crippen LogP contribution in [0.1, 0.15) is 12.5 Å². The van der Waals surface area contributed by atoms with Crippen molar-refractivity contribution >= 4 is 5.91 Å². The van der Waals surface area contributed by atoms with E-state index in [1.807, 2.05) is 48.2 Å². The Hall–Kier alpha value is -2.36. The third kappa shape index (κ3) is 6.10. The highest BCUT2D eigenvalue weighted by atomic mass is 16.3. The Morgan fingerprint density at radius 1 is 1.22 bits per heavy atom. The lowest BCUT2D eigenvalue weighted by atomic mass is 10.2. The summed E-state index contributed by atoms with van der Waals surface area (Å²) >= 11 is 0. The molecule has 0 bridgehead atoms. The molecule has 0 heterocycles. The van der Waals surface area contributed by atoms with Crippen molar-refractivity contribution in [1.29, 1.82) is 5.26 Å². The Morgan fingerprint density at radius 3 is 2.30 bits per heavy atom. The van der Waals surface area contributed by atoms with E-state index in [-0.39, 0.29) is 31.9 Å². The summed E-state index contributed by atoms with van der Waals surface area (Å²) in [6, 6.07) is 11.7. The van der Waals surface area contributed by atoms with Gasteiger partial charge in [0.1, 0.15) is 11.6 Å². The fourth-order valence-electron chi connectivity index (χ4n) is 2.11. The van der Waals surface area contributed by atoms with Gasteiger partial charge < -0.3 is 20.0 Å². The summed E-state index contributed by atoms with van der Waals surface area (Å²) in [4.78, 5) is 15.5. The lowest BCUT2D eigenvalue weighted by Gasteiger charge is -2.22. The first-order valence-electron chi connectivity index (χ1n) is 7.57. The topological polar surface area (TPSA) is 87.8 Å². The molecule has 0 saturated heterocycles. The predicted molar refractivity (Wildman–Crippen MR) is 87.0 cm³/mol. The number of hydrogen-bond donors (Lipinski definition) is 2. The van der Waals surface area contributed by atoms with Gasteiger partial charge in [-0.15, -0.1) is 0 Å². The third-order valence-corrected chi connectivity index (χ3v) is 3.32. The second-order valence-corrected chi connectivity index (χ2v) is 4.94.